The van der Waals surface area contributed by atoms with Crippen LogP contribution < -0.4 is 0 Å². The summed E-state index contributed by atoms with van der Waals surface area (Å²) < 4.78 is 7.74. The smallest absolute Gasteiger partial charge is 0.181 e. The van der Waals surface area contributed by atoms with Crippen molar-refractivity contribution in [1.29, 1.82) is 0 Å². The van der Waals surface area contributed by atoms with Crippen LogP contribution in [-0.4, -0.2) is 11.7 Å². The molecule has 0 amide bonds. The predicted molar refractivity (Wildman–Crippen MR) is 75.9 cm³/mol. The predicted octanol–water partition coefficient (Wildman–Crippen LogP) is 4.08. The van der Waals surface area contributed by atoms with E-state index in [0.717, 1.165) is 5.56 Å². The number of benzene rings is 2. The van der Waals surface area contributed by atoms with Crippen LogP contribution in [0.2, 0.25) is 0 Å². The van der Waals surface area contributed by atoms with E-state index >= 15 is 0 Å². The SMILES string of the molecule is CCOC(O)c1ccc2sc3ccccc3c2c1. The number of thiophene rings is 1. The average Bonchev–Trinajstić information content (AvgIpc) is 2.76. The quantitative estimate of drug-likeness (QED) is 0.717. The number of hydrogen-bond acceptors (Lipinski definition) is 3. The van der Waals surface area contributed by atoms with E-state index in [-0.39, 0.29) is 0 Å². The summed E-state index contributed by atoms with van der Waals surface area (Å²) in [4.78, 5) is 0. The summed E-state index contributed by atoms with van der Waals surface area (Å²) in [6.07, 6.45) is -0.835. The van der Waals surface area contributed by atoms with E-state index in [1.54, 1.807) is 11.3 Å². The van der Waals surface area contributed by atoms with E-state index < -0.39 is 6.29 Å². The summed E-state index contributed by atoms with van der Waals surface area (Å²) in [7, 11) is 0. The molecule has 0 fully saturated rings. The van der Waals surface area contributed by atoms with Gasteiger partial charge in [0.15, 0.2) is 6.29 Å². The highest BCUT2D eigenvalue weighted by Crippen LogP contribution is 2.35. The van der Waals surface area contributed by atoms with Crippen molar-refractivity contribution >= 4 is 31.5 Å². The zero-order valence-corrected chi connectivity index (χ0v) is 10.9. The first-order chi connectivity index (χ1) is 8.79. The highest BCUT2D eigenvalue weighted by Gasteiger charge is 2.10. The fourth-order valence-electron chi connectivity index (χ4n) is 2.15. The monoisotopic (exact) mass is 258 g/mol. The first-order valence-corrected chi connectivity index (χ1v) is 6.82. The maximum Gasteiger partial charge on any atom is 0.181 e. The molecule has 92 valence electrons. The Morgan fingerprint density at radius 2 is 1.89 bits per heavy atom. The third-order valence-electron chi connectivity index (χ3n) is 3.01. The van der Waals surface area contributed by atoms with E-state index in [4.69, 9.17) is 4.74 Å². The molecule has 2 aromatic carbocycles. The van der Waals surface area contributed by atoms with Crippen LogP contribution in [0.4, 0.5) is 0 Å². The first-order valence-electron chi connectivity index (χ1n) is 6.00. The van der Waals surface area contributed by atoms with Crippen LogP contribution in [0, 0.1) is 0 Å². The lowest BCUT2D eigenvalue weighted by molar-refractivity contribution is -0.0978. The Labute approximate surface area is 109 Å². The third kappa shape index (κ3) is 1.90. The van der Waals surface area contributed by atoms with Gasteiger partial charge in [-0.3, -0.25) is 0 Å². The average molecular weight is 258 g/mol. The molecule has 0 aliphatic rings. The molecule has 2 nitrogen and oxygen atoms in total. The fourth-order valence-corrected chi connectivity index (χ4v) is 3.24. The number of ether oxygens (including phenoxy) is 1. The zero-order valence-electron chi connectivity index (χ0n) is 10.1. The Hall–Kier alpha value is -1.42. The Kier molecular flexibility index (Phi) is 3.04. The number of aliphatic hydroxyl groups excluding tert-OH is 1. The van der Waals surface area contributed by atoms with Crippen molar-refractivity contribution in [3.63, 3.8) is 0 Å². The van der Waals surface area contributed by atoms with Gasteiger partial charge in [-0.15, -0.1) is 11.3 Å². The molecule has 3 heteroatoms. The van der Waals surface area contributed by atoms with Crippen LogP contribution in [0.1, 0.15) is 18.8 Å². The summed E-state index contributed by atoms with van der Waals surface area (Å²) in [6.45, 7) is 2.38. The van der Waals surface area contributed by atoms with Crippen molar-refractivity contribution in [3.8, 4) is 0 Å². The molecule has 0 bridgehead atoms. The number of hydrogen-bond donors (Lipinski definition) is 1. The number of fused-ring (bicyclic) bond motifs is 3. The highest BCUT2D eigenvalue weighted by atomic mass is 32.1. The molecule has 0 saturated heterocycles. The van der Waals surface area contributed by atoms with Crippen LogP contribution in [0.3, 0.4) is 0 Å². The molecule has 1 heterocycles. The Bertz CT molecular complexity index is 687. The van der Waals surface area contributed by atoms with E-state index in [9.17, 15) is 5.11 Å². The molecule has 0 spiro atoms. The molecular formula is C15H14O2S. The summed E-state index contributed by atoms with van der Waals surface area (Å²) in [6, 6.07) is 14.3. The maximum absolute atomic E-state index is 9.87. The van der Waals surface area contributed by atoms with Gasteiger partial charge in [0.05, 0.1) is 0 Å². The molecule has 3 rings (SSSR count). The van der Waals surface area contributed by atoms with Gasteiger partial charge in [0.1, 0.15) is 0 Å². The summed E-state index contributed by atoms with van der Waals surface area (Å²) >= 11 is 1.77. The molecular weight excluding hydrogens is 244 g/mol. The largest absolute Gasteiger partial charge is 0.364 e. The van der Waals surface area contributed by atoms with Crippen molar-refractivity contribution in [3.05, 3.63) is 48.0 Å². The zero-order chi connectivity index (χ0) is 12.5. The Morgan fingerprint density at radius 3 is 2.72 bits per heavy atom. The van der Waals surface area contributed by atoms with Crippen molar-refractivity contribution in [2.75, 3.05) is 6.61 Å². The van der Waals surface area contributed by atoms with E-state index in [1.165, 1.54) is 20.2 Å². The van der Waals surface area contributed by atoms with Crippen LogP contribution >= 0.6 is 11.3 Å². The lowest BCUT2D eigenvalue weighted by atomic mass is 10.1. The minimum atomic E-state index is -0.835. The molecule has 1 unspecified atom stereocenters. The lowest BCUT2D eigenvalue weighted by Gasteiger charge is -2.10. The number of rotatable bonds is 3. The van der Waals surface area contributed by atoms with E-state index in [2.05, 4.69) is 18.2 Å². The second-order valence-electron chi connectivity index (χ2n) is 4.16. The fraction of sp³-hybridized carbons (Fsp3) is 0.200. The van der Waals surface area contributed by atoms with Crippen molar-refractivity contribution < 1.29 is 9.84 Å². The normalized spacial score (nSPS) is 13.2. The highest BCUT2D eigenvalue weighted by molar-refractivity contribution is 7.25. The van der Waals surface area contributed by atoms with Crippen LogP contribution in [0.25, 0.3) is 20.2 Å². The molecule has 0 radical (unpaired) electrons. The molecule has 0 aliphatic carbocycles. The van der Waals surface area contributed by atoms with Gasteiger partial charge in [0.25, 0.3) is 0 Å². The second-order valence-corrected chi connectivity index (χ2v) is 5.25. The van der Waals surface area contributed by atoms with Crippen LogP contribution in [0.15, 0.2) is 42.5 Å². The van der Waals surface area contributed by atoms with E-state index in [1.807, 2.05) is 31.2 Å². The first kappa shape index (κ1) is 11.7. The van der Waals surface area contributed by atoms with Crippen molar-refractivity contribution in [2.45, 2.75) is 13.2 Å². The molecule has 18 heavy (non-hydrogen) atoms. The summed E-state index contributed by atoms with van der Waals surface area (Å²) in [5, 5.41) is 12.3. The second kappa shape index (κ2) is 4.69. The maximum atomic E-state index is 9.87. The summed E-state index contributed by atoms with van der Waals surface area (Å²) in [5.74, 6) is 0. The topological polar surface area (TPSA) is 29.5 Å². The van der Waals surface area contributed by atoms with Gasteiger partial charge in [-0.05, 0) is 25.1 Å². The summed E-state index contributed by atoms with van der Waals surface area (Å²) in [5.41, 5.74) is 0.813. The van der Waals surface area contributed by atoms with Crippen LogP contribution in [0.5, 0.6) is 0 Å². The van der Waals surface area contributed by atoms with Crippen molar-refractivity contribution in [2.24, 2.45) is 0 Å². The minimum Gasteiger partial charge on any atom is -0.364 e. The van der Waals surface area contributed by atoms with Gasteiger partial charge in [0.2, 0.25) is 0 Å². The van der Waals surface area contributed by atoms with Gasteiger partial charge in [0, 0.05) is 32.3 Å². The standard InChI is InChI=1S/C15H14O2S/c1-2-17-15(16)10-7-8-14-12(9-10)11-5-3-4-6-13(11)18-14/h3-9,15-16H,2H2,1H3. The van der Waals surface area contributed by atoms with Gasteiger partial charge in [-0.1, -0.05) is 24.3 Å². The van der Waals surface area contributed by atoms with Gasteiger partial charge < -0.3 is 9.84 Å². The Morgan fingerprint density at radius 1 is 1.11 bits per heavy atom. The van der Waals surface area contributed by atoms with Crippen LogP contribution in [-0.2, 0) is 4.74 Å². The lowest BCUT2D eigenvalue weighted by Crippen LogP contribution is -2.02. The molecule has 1 N–H and O–H groups in total. The van der Waals surface area contributed by atoms with Gasteiger partial charge >= 0.3 is 0 Å². The van der Waals surface area contributed by atoms with Gasteiger partial charge in [-0.2, -0.15) is 0 Å². The van der Waals surface area contributed by atoms with E-state index in [0.29, 0.717) is 6.61 Å². The van der Waals surface area contributed by atoms with Crippen molar-refractivity contribution in [1.82, 2.24) is 0 Å². The number of aliphatic hydroxyl groups is 1. The molecule has 1 aromatic heterocycles. The molecule has 3 aromatic rings. The molecule has 1 atom stereocenters. The third-order valence-corrected chi connectivity index (χ3v) is 4.16. The van der Waals surface area contributed by atoms with Gasteiger partial charge in [-0.25, -0.2) is 0 Å². The minimum absolute atomic E-state index is 0.504. The molecule has 0 aliphatic heterocycles. The Balaban J connectivity index is 2.18. The molecule has 0 saturated carbocycles.